The van der Waals surface area contributed by atoms with Crippen LogP contribution in [0.3, 0.4) is 0 Å². The molecule has 21 heavy (non-hydrogen) atoms. The van der Waals surface area contributed by atoms with E-state index in [0.717, 1.165) is 30.6 Å². The molecule has 0 aliphatic heterocycles. The summed E-state index contributed by atoms with van der Waals surface area (Å²) in [5, 5.41) is 3.07. The molecule has 1 aromatic carbocycles. The fourth-order valence-electron chi connectivity index (χ4n) is 3.06. The SMILES string of the molecule is CCOc1ccccc1C(C)NC(=O)C[C@@H]1CCC[C@H]1N. The number of rotatable bonds is 6. The zero-order valence-corrected chi connectivity index (χ0v) is 13.0. The van der Waals surface area contributed by atoms with Crippen molar-refractivity contribution in [1.29, 1.82) is 0 Å². The van der Waals surface area contributed by atoms with Gasteiger partial charge in [0.2, 0.25) is 5.91 Å². The molecule has 0 spiro atoms. The van der Waals surface area contributed by atoms with Crippen LogP contribution >= 0.6 is 0 Å². The van der Waals surface area contributed by atoms with Gasteiger partial charge in [-0.15, -0.1) is 0 Å². The second kappa shape index (κ2) is 7.46. The van der Waals surface area contributed by atoms with E-state index in [1.54, 1.807) is 0 Å². The predicted molar refractivity (Wildman–Crippen MR) is 84.1 cm³/mol. The highest BCUT2D eigenvalue weighted by atomic mass is 16.5. The van der Waals surface area contributed by atoms with Gasteiger partial charge in [0, 0.05) is 18.0 Å². The van der Waals surface area contributed by atoms with Gasteiger partial charge in [0.05, 0.1) is 12.6 Å². The van der Waals surface area contributed by atoms with Crippen molar-refractivity contribution in [2.75, 3.05) is 6.61 Å². The van der Waals surface area contributed by atoms with E-state index in [2.05, 4.69) is 5.32 Å². The van der Waals surface area contributed by atoms with Crippen LogP contribution in [0.4, 0.5) is 0 Å². The number of nitrogens with one attached hydrogen (secondary N) is 1. The van der Waals surface area contributed by atoms with E-state index in [0.29, 0.717) is 18.9 Å². The van der Waals surface area contributed by atoms with Gasteiger partial charge in [0.15, 0.2) is 0 Å². The van der Waals surface area contributed by atoms with Gasteiger partial charge in [-0.2, -0.15) is 0 Å². The molecule has 4 heteroatoms. The molecule has 0 bridgehead atoms. The van der Waals surface area contributed by atoms with E-state index < -0.39 is 0 Å². The average Bonchev–Trinajstić information content (AvgIpc) is 2.85. The van der Waals surface area contributed by atoms with E-state index in [-0.39, 0.29) is 18.0 Å². The molecule has 116 valence electrons. The molecular weight excluding hydrogens is 264 g/mol. The van der Waals surface area contributed by atoms with Gasteiger partial charge < -0.3 is 15.8 Å². The van der Waals surface area contributed by atoms with Gasteiger partial charge in [-0.3, -0.25) is 4.79 Å². The molecule has 0 saturated heterocycles. The van der Waals surface area contributed by atoms with E-state index in [1.807, 2.05) is 38.1 Å². The number of hydrogen-bond donors (Lipinski definition) is 2. The van der Waals surface area contributed by atoms with E-state index in [4.69, 9.17) is 10.5 Å². The summed E-state index contributed by atoms with van der Waals surface area (Å²) < 4.78 is 5.62. The van der Waals surface area contributed by atoms with Gasteiger partial charge in [0.25, 0.3) is 0 Å². The van der Waals surface area contributed by atoms with Crippen molar-refractivity contribution < 1.29 is 9.53 Å². The van der Waals surface area contributed by atoms with Crippen molar-refractivity contribution in [2.24, 2.45) is 11.7 Å². The zero-order valence-electron chi connectivity index (χ0n) is 13.0. The van der Waals surface area contributed by atoms with E-state index in [9.17, 15) is 4.79 Å². The van der Waals surface area contributed by atoms with Crippen LogP contribution in [0.25, 0.3) is 0 Å². The lowest BCUT2D eigenvalue weighted by Gasteiger charge is -2.20. The number of benzene rings is 1. The molecule has 1 fully saturated rings. The summed E-state index contributed by atoms with van der Waals surface area (Å²) in [6.45, 7) is 4.57. The van der Waals surface area contributed by atoms with Gasteiger partial charge in [-0.25, -0.2) is 0 Å². The Kier molecular flexibility index (Phi) is 5.62. The maximum absolute atomic E-state index is 12.2. The Morgan fingerprint density at radius 1 is 1.43 bits per heavy atom. The number of para-hydroxylation sites is 1. The molecule has 0 heterocycles. The van der Waals surface area contributed by atoms with Crippen LogP contribution in [0.5, 0.6) is 5.75 Å². The fourth-order valence-corrected chi connectivity index (χ4v) is 3.06. The van der Waals surface area contributed by atoms with Gasteiger partial charge in [-0.05, 0) is 38.7 Å². The normalized spacial score (nSPS) is 22.8. The summed E-state index contributed by atoms with van der Waals surface area (Å²) in [6.07, 6.45) is 3.78. The first-order chi connectivity index (χ1) is 10.1. The molecule has 3 N–H and O–H groups in total. The molecule has 1 saturated carbocycles. The van der Waals surface area contributed by atoms with Crippen molar-refractivity contribution in [1.82, 2.24) is 5.32 Å². The third-order valence-electron chi connectivity index (χ3n) is 4.23. The molecule has 1 aromatic rings. The Labute approximate surface area is 127 Å². The molecule has 4 nitrogen and oxygen atoms in total. The first kappa shape index (κ1) is 15.8. The van der Waals surface area contributed by atoms with E-state index in [1.165, 1.54) is 0 Å². The zero-order chi connectivity index (χ0) is 15.2. The number of hydrogen-bond acceptors (Lipinski definition) is 3. The molecule has 1 amide bonds. The lowest BCUT2D eigenvalue weighted by molar-refractivity contribution is -0.122. The minimum absolute atomic E-state index is 0.0575. The highest BCUT2D eigenvalue weighted by Gasteiger charge is 2.26. The number of ether oxygens (including phenoxy) is 1. The molecule has 0 radical (unpaired) electrons. The van der Waals surface area contributed by atoms with Crippen molar-refractivity contribution in [3.05, 3.63) is 29.8 Å². The highest BCUT2D eigenvalue weighted by Crippen LogP contribution is 2.28. The summed E-state index contributed by atoms with van der Waals surface area (Å²) in [5.74, 6) is 1.25. The lowest BCUT2D eigenvalue weighted by Crippen LogP contribution is -2.33. The predicted octanol–water partition coefficient (Wildman–Crippen LogP) is 2.78. The van der Waals surface area contributed by atoms with Crippen molar-refractivity contribution >= 4 is 5.91 Å². The van der Waals surface area contributed by atoms with Crippen LogP contribution in [0.2, 0.25) is 0 Å². The molecule has 1 aliphatic rings. The Morgan fingerprint density at radius 2 is 2.19 bits per heavy atom. The third-order valence-corrected chi connectivity index (χ3v) is 4.23. The number of amides is 1. The average molecular weight is 290 g/mol. The van der Waals surface area contributed by atoms with E-state index >= 15 is 0 Å². The summed E-state index contributed by atoms with van der Waals surface area (Å²) in [4.78, 5) is 12.2. The minimum atomic E-state index is -0.0575. The molecule has 0 aromatic heterocycles. The second-order valence-corrected chi connectivity index (χ2v) is 5.82. The third kappa shape index (κ3) is 4.21. The number of carbonyl (C=O) groups excluding carboxylic acids is 1. The first-order valence-electron chi connectivity index (χ1n) is 7.88. The van der Waals surface area contributed by atoms with Crippen LogP contribution < -0.4 is 15.8 Å². The summed E-state index contributed by atoms with van der Waals surface area (Å²) in [5.41, 5.74) is 7.05. The van der Waals surface area contributed by atoms with Crippen molar-refractivity contribution in [3.8, 4) is 5.75 Å². The van der Waals surface area contributed by atoms with Crippen molar-refractivity contribution in [2.45, 2.75) is 51.6 Å². The molecule has 1 unspecified atom stereocenters. The minimum Gasteiger partial charge on any atom is -0.494 e. The quantitative estimate of drug-likeness (QED) is 0.846. The monoisotopic (exact) mass is 290 g/mol. The Bertz CT molecular complexity index is 476. The van der Waals surface area contributed by atoms with Crippen LogP contribution in [0.1, 0.15) is 51.1 Å². The van der Waals surface area contributed by atoms with Crippen molar-refractivity contribution in [3.63, 3.8) is 0 Å². The van der Waals surface area contributed by atoms with Crippen LogP contribution in [-0.4, -0.2) is 18.6 Å². The van der Waals surface area contributed by atoms with Crippen LogP contribution in [0.15, 0.2) is 24.3 Å². The van der Waals surface area contributed by atoms with Crippen LogP contribution in [0, 0.1) is 5.92 Å². The van der Waals surface area contributed by atoms with Gasteiger partial charge in [-0.1, -0.05) is 24.6 Å². The summed E-state index contributed by atoms with van der Waals surface area (Å²) >= 11 is 0. The van der Waals surface area contributed by atoms with Gasteiger partial charge in [0.1, 0.15) is 5.75 Å². The van der Waals surface area contributed by atoms with Crippen LogP contribution in [-0.2, 0) is 4.79 Å². The topological polar surface area (TPSA) is 64.3 Å². The first-order valence-corrected chi connectivity index (χ1v) is 7.88. The number of carbonyl (C=O) groups is 1. The Morgan fingerprint density at radius 3 is 2.86 bits per heavy atom. The molecular formula is C17H26N2O2. The molecule has 3 atom stereocenters. The maximum Gasteiger partial charge on any atom is 0.220 e. The Hall–Kier alpha value is -1.55. The maximum atomic E-state index is 12.2. The largest absolute Gasteiger partial charge is 0.494 e. The second-order valence-electron chi connectivity index (χ2n) is 5.82. The lowest BCUT2D eigenvalue weighted by atomic mass is 9.99. The summed E-state index contributed by atoms with van der Waals surface area (Å²) in [6, 6.07) is 7.97. The summed E-state index contributed by atoms with van der Waals surface area (Å²) in [7, 11) is 0. The Balaban J connectivity index is 1.94. The standard InChI is InChI=1S/C17H26N2O2/c1-3-21-16-10-5-4-8-14(16)12(2)19-17(20)11-13-7-6-9-15(13)18/h4-5,8,10,12-13,15H,3,6-7,9,11,18H2,1-2H3,(H,19,20)/t12?,13-,15+/m0/s1. The van der Waals surface area contributed by atoms with Gasteiger partial charge >= 0.3 is 0 Å². The fraction of sp³-hybridized carbons (Fsp3) is 0.588. The highest BCUT2D eigenvalue weighted by molar-refractivity contribution is 5.77. The number of nitrogens with two attached hydrogens (primary N) is 1. The molecule has 2 rings (SSSR count). The molecule has 1 aliphatic carbocycles. The smallest absolute Gasteiger partial charge is 0.220 e.